The highest BCUT2D eigenvalue weighted by molar-refractivity contribution is 5.65. The second-order valence-corrected chi connectivity index (χ2v) is 4.56. The van der Waals surface area contributed by atoms with Crippen molar-refractivity contribution in [2.24, 2.45) is 0 Å². The van der Waals surface area contributed by atoms with Crippen LogP contribution in [0, 0.1) is 18.3 Å². The minimum atomic E-state index is 0.766. The van der Waals surface area contributed by atoms with E-state index in [4.69, 9.17) is 0 Å². The number of rotatable bonds is 1. The summed E-state index contributed by atoms with van der Waals surface area (Å²) in [6, 6.07) is 8.14. The van der Waals surface area contributed by atoms with Crippen molar-refractivity contribution in [3.63, 3.8) is 0 Å². The van der Waals surface area contributed by atoms with Gasteiger partial charge in [0.1, 0.15) is 6.07 Å². The minimum Gasteiger partial charge on any atom is -0.255 e. The molecule has 3 heteroatoms. The van der Waals surface area contributed by atoms with Gasteiger partial charge in [0, 0.05) is 6.20 Å². The Morgan fingerprint density at radius 1 is 1.22 bits per heavy atom. The lowest BCUT2D eigenvalue weighted by Crippen LogP contribution is -2.01. The molecule has 0 spiro atoms. The average Bonchev–Trinajstić information content (AvgIpc) is 2.88. The van der Waals surface area contributed by atoms with Crippen LogP contribution in [0.5, 0.6) is 0 Å². The molecule has 0 saturated carbocycles. The zero-order valence-corrected chi connectivity index (χ0v) is 10.3. The predicted molar refractivity (Wildman–Crippen MR) is 68.9 cm³/mol. The number of aryl methyl sites for hydroxylation is 1. The quantitative estimate of drug-likeness (QED) is 0.763. The maximum Gasteiger partial charge on any atom is 0.101 e. The van der Waals surface area contributed by atoms with Crippen molar-refractivity contribution in [2.75, 3.05) is 0 Å². The van der Waals surface area contributed by atoms with Crippen LogP contribution in [0.15, 0.2) is 24.4 Å². The zero-order chi connectivity index (χ0) is 12.5. The largest absolute Gasteiger partial charge is 0.255 e. The molecule has 0 amide bonds. The molecule has 2 heterocycles. The zero-order valence-electron chi connectivity index (χ0n) is 10.3. The van der Waals surface area contributed by atoms with Gasteiger partial charge in [-0.2, -0.15) is 5.26 Å². The summed E-state index contributed by atoms with van der Waals surface area (Å²) in [7, 11) is 0. The summed E-state index contributed by atoms with van der Waals surface area (Å²) in [6.07, 6.45) is 4.88. The average molecular weight is 235 g/mol. The monoisotopic (exact) mass is 235 g/mol. The Kier molecular flexibility index (Phi) is 2.56. The molecule has 3 nitrogen and oxygen atoms in total. The third kappa shape index (κ3) is 1.58. The Morgan fingerprint density at radius 3 is 2.78 bits per heavy atom. The van der Waals surface area contributed by atoms with Crippen LogP contribution in [-0.4, -0.2) is 9.97 Å². The fraction of sp³-hybridized carbons (Fsp3) is 0.267. The molecular weight excluding hydrogens is 222 g/mol. The fourth-order valence-corrected chi connectivity index (χ4v) is 2.65. The molecule has 0 atom stereocenters. The molecule has 0 aliphatic heterocycles. The van der Waals surface area contributed by atoms with Crippen molar-refractivity contribution in [1.29, 1.82) is 5.26 Å². The van der Waals surface area contributed by atoms with E-state index in [0.717, 1.165) is 41.9 Å². The number of aromatic nitrogens is 2. The van der Waals surface area contributed by atoms with Crippen molar-refractivity contribution in [3.05, 3.63) is 46.8 Å². The summed E-state index contributed by atoms with van der Waals surface area (Å²) >= 11 is 0. The standard InChI is InChI=1S/C15H13N3/c1-10-13(9-16)11-5-4-6-12(11)15(18-10)14-7-2-3-8-17-14/h2-3,7-8H,4-6H2,1H3. The lowest BCUT2D eigenvalue weighted by molar-refractivity contribution is 0.910. The molecule has 0 fully saturated rings. The van der Waals surface area contributed by atoms with Crippen LogP contribution in [-0.2, 0) is 12.8 Å². The van der Waals surface area contributed by atoms with Crippen molar-refractivity contribution >= 4 is 0 Å². The van der Waals surface area contributed by atoms with Crippen LogP contribution < -0.4 is 0 Å². The van der Waals surface area contributed by atoms with Gasteiger partial charge in [0.05, 0.1) is 22.6 Å². The Labute approximate surface area is 106 Å². The van der Waals surface area contributed by atoms with Crippen molar-refractivity contribution in [1.82, 2.24) is 9.97 Å². The summed E-state index contributed by atoms with van der Waals surface area (Å²) in [4.78, 5) is 8.98. The number of nitriles is 1. The molecule has 0 aromatic carbocycles. The Morgan fingerprint density at radius 2 is 2.06 bits per heavy atom. The van der Waals surface area contributed by atoms with Gasteiger partial charge in [-0.3, -0.25) is 4.98 Å². The number of hydrogen-bond donors (Lipinski definition) is 0. The molecule has 1 aliphatic carbocycles. The summed E-state index contributed by atoms with van der Waals surface area (Å²) in [6.45, 7) is 1.91. The van der Waals surface area contributed by atoms with E-state index in [1.165, 1.54) is 11.1 Å². The highest BCUT2D eigenvalue weighted by atomic mass is 14.8. The van der Waals surface area contributed by atoms with E-state index in [2.05, 4.69) is 16.0 Å². The number of pyridine rings is 2. The van der Waals surface area contributed by atoms with Gasteiger partial charge < -0.3 is 0 Å². The van der Waals surface area contributed by atoms with Gasteiger partial charge in [0.2, 0.25) is 0 Å². The van der Waals surface area contributed by atoms with E-state index in [0.29, 0.717) is 0 Å². The van der Waals surface area contributed by atoms with E-state index >= 15 is 0 Å². The summed E-state index contributed by atoms with van der Waals surface area (Å²) < 4.78 is 0. The van der Waals surface area contributed by atoms with Crippen molar-refractivity contribution < 1.29 is 0 Å². The van der Waals surface area contributed by atoms with E-state index in [9.17, 15) is 5.26 Å². The highest BCUT2D eigenvalue weighted by Gasteiger charge is 2.22. The Balaban J connectivity index is 2.28. The number of nitrogens with zero attached hydrogens (tertiary/aromatic N) is 3. The van der Waals surface area contributed by atoms with Crippen LogP contribution in [0.4, 0.5) is 0 Å². The van der Waals surface area contributed by atoms with Gasteiger partial charge in [-0.05, 0) is 49.4 Å². The molecule has 18 heavy (non-hydrogen) atoms. The van der Waals surface area contributed by atoms with E-state index in [1.807, 2.05) is 25.1 Å². The van der Waals surface area contributed by atoms with Crippen LogP contribution in [0.3, 0.4) is 0 Å². The Bertz CT molecular complexity index is 639. The van der Waals surface area contributed by atoms with Gasteiger partial charge in [0.25, 0.3) is 0 Å². The van der Waals surface area contributed by atoms with Crippen LogP contribution in [0.1, 0.15) is 28.8 Å². The van der Waals surface area contributed by atoms with Crippen molar-refractivity contribution in [3.8, 4) is 17.5 Å². The van der Waals surface area contributed by atoms with E-state index in [-0.39, 0.29) is 0 Å². The molecule has 0 radical (unpaired) electrons. The molecule has 0 unspecified atom stereocenters. The highest BCUT2D eigenvalue weighted by Crippen LogP contribution is 2.33. The SMILES string of the molecule is Cc1nc(-c2ccccn2)c2c(c1C#N)CCC2. The topological polar surface area (TPSA) is 49.6 Å². The molecule has 0 saturated heterocycles. The van der Waals surface area contributed by atoms with E-state index < -0.39 is 0 Å². The first-order valence-corrected chi connectivity index (χ1v) is 6.15. The van der Waals surface area contributed by atoms with Crippen LogP contribution in [0.2, 0.25) is 0 Å². The molecular formula is C15H13N3. The molecule has 0 bridgehead atoms. The molecule has 0 N–H and O–H groups in total. The van der Waals surface area contributed by atoms with Gasteiger partial charge in [0.15, 0.2) is 0 Å². The van der Waals surface area contributed by atoms with E-state index in [1.54, 1.807) is 6.20 Å². The third-order valence-corrected chi connectivity index (χ3v) is 3.47. The summed E-state index contributed by atoms with van der Waals surface area (Å²) in [5.74, 6) is 0. The summed E-state index contributed by atoms with van der Waals surface area (Å²) in [5.41, 5.74) is 5.85. The van der Waals surface area contributed by atoms with Gasteiger partial charge in [-0.15, -0.1) is 0 Å². The lowest BCUT2D eigenvalue weighted by Gasteiger charge is -2.10. The first-order valence-electron chi connectivity index (χ1n) is 6.15. The van der Waals surface area contributed by atoms with Gasteiger partial charge in [-0.1, -0.05) is 6.07 Å². The lowest BCUT2D eigenvalue weighted by atomic mass is 10.00. The van der Waals surface area contributed by atoms with Gasteiger partial charge in [-0.25, -0.2) is 4.98 Å². The molecule has 88 valence electrons. The maximum absolute atomic E-state index is 9.24. The fourth-order valence-electron chi connectivity index (χ4n) is 2.65. The molecule has 3 rings (SSSR count). The smallest absolute Gasteiger partial charge is 0.101 e. The first-order chi connectivity index (χ1) is 8.81. The molecule has 1 aliphatic rings. The van der Waals surface area contributed by atoms with Gasteiger partial charge >= 0.3 is 0 Å². The summed E-state index contributed by atoms with van der Waals surface area (Å²) in [5, 5.41) is 9.24. The van der Waals surface area contributed by atoms with Crippen molar-refractivity contribution in [2.45, 2.75) is 26.2 Å². The normalized spacial score (nSPS) is 13.1. The maximum atomic E-state index is 9.24. The molecule has 2 aromatic heterocycles. The van der Waals surface area contributed by atoms with Crippen LogP contribution >= 0.6 is 0 Å². The molecule has 2 aromatic rings. The van der Waals surface area contributed by atoms with Crippen LogP contribution in [0.25, 0.3) is 11.4 Å². The predicted octanol–water partition coefficient (Wildman–Crippen LogP) is 2.81. The number of fused-ring (bicyclic) bond motifs is 1. The minimum absolute atomic E-state index is 0.766. The Hall–Kier alpha value is -2.21. The number of hydrogen-bond acceptors (Lipinski definition) is 3. The third-order valence-electron chi connectivity index (χ3n) is 3.47. The first kappa shape index (κ1) is 10.9. The second kappa shape index (κ2) is 4.23. The second-order valence-electron chi connectivity index (χ2n) is 4.56.